The van der Waals surface area contributed by atoms with Crippen molar-refractivity contribution in [1.82, 2.24) is 10.3 Å². The molecule has 0 aliphatic heterocycles. The molecule has 0 aliphatic rings. The highest BCUT2D eigenvalue weighted by atomic mass is 16.5. The maximum Gasteiger partial charge on any atom is 0.124 e. The molecular weight excluding hydrogens is 264 g/mol. The fourth-order valence-corrected chi connectivity index (χ4v) is 2.25. The third-order valence-corrected chi connectivity index (χ3v) is 3.55. The Morgan fingerprint density at radius 2 is 1.95 bits per heavy atom. The van der Waals surface area contributed by atoms with Gasteiger partial charge in [-0.3, -0.25) is 4.98 Å². The van der Waals surface area contributed by atoms with Gasteiger partial charge < -0.3 is 15.2 Å². The molecule has 0 fully saturated rings. The SMILES string of the molecule is COc1ccc(C)cc1C(O)C(C)NCc1ccncc1. The monoisotopic (exact) mass is 286 g/mol. The van der Waals surface area contributed by atoms with Crippen molar-refractivity contribution in [3.05, 3.63) is 59.4 Å². The Morgan fingerprint density at radius 3 is 2.62 bits per heavy atom. The van der Waals surface area contributed by atoms with Gasteiger partial charge in [0.2, 0.25) is 0 Å². The molecule has 1 aromatic heterocycles. The van der Waals surface area contributed by atoms with Crippen LogP contribution in [0.5, 0.6) is 5.75 Å². The minimum Gasteiger partial charge on any atom is -0.496 e. The average Bonchev–Trinajstić information content (AvgIpc) is 2.52. The highest BCUT2D eigenvalue weighted by Crippen LogP contribution is 2.28. The second kappa shape index (κ2) is 7.20. The first-order valence-electron chi connectivity index (χ1n) is 7.06. The zero-order valence-corrected chi connectivity index (χ0v) is 12.7. The van der Waals surface area contributed by atoms with Crippen molar-refractivity contribution in [3.8, 4) is 5.75 Å². The van der Waals surface area contributed by atoms with Gasteiger partial charge in [-0.1, -0.05) is 11.6 Å². The maximum absolute atomic E-state index is 10.5. The van der Waals surface area contributed by atoms with E-state index in [2.05, 4.69) is 10.3 Å². The predicted molar refractivity (Wildman–Crippen MR) is 83.2 cm³/mol. The molecule has 0 amide bonds. The highest BCUT2D eigenvalue weighted by Gasteiger charge is 2.19. The minimum atomic E-state index is -0.623. The molecule has 2 aromatic rings. The van der Waals surface area contributed by atoms with Gasteiger partial charge in [0, 0.05) is 30.5 Å². The van der Waals surface area contributed by atoms with E-state index in [-0.39, 0.29) is 6.04 Å². The second-order valence-electron chi connectivity index (χ2n) is 5.22. The fourth-order valence-electron chi connectivity index (χ4n) is 2.25. The van der Waals surface area contributed by atoms with Gasteiger partial charge in [-0.05, 0) is 43.7 Å². The van der Waals surface area contributed by atoms with Gasteiger partial charge in [0.15, 0.2) is 0 Å². The van der Waals surface area contributed by atoms with E-state index in [4.69, 9.17) is 4.74 Å². The number of nitrogens with one attached hydrogen (secondary N) is 1. The number of methoxy groups -OCH3 is 1. The summed E-state index contributed by atoms with van der Waals surface area (Å²) < 4.78 is 5.34. The number of benzene rings is 1. The van der Waals surface area contributed by atoms with Crippen LogP contribution in [0.2, 0.25) is 0 Å². The van der Waals surface area contributed by atoms with E-state index >= 15 is 0 Å². The van der Waals surface area contributed by atoms with Crippen LogP contribution in [0.1, 0.15) is 29.7 Å². The van der Waals surface area contributed by atoms with Gasteiger partial charge in [-0.2, -0.15) is 0 Å². The van der Waals surface area contributed by atoms with Crippen LogP contribution in [-0.2, 0) is 6.54 Å². The number of pyridine rings is 1. The summed E-state index contributed by atoms with van der Waals surface area (Å²) in [6.07, 6.45) is 2.91. The fraction of sp³-hybridized carbons (Fsp3) is 0.353. The van der Waals surface area contributed by atoms with Crippen molar-refractivity contribution in [2.24, 2.45) is 0 Å². The van der Waals surface area contributed by atoms with Crippen LogP contribution in [-0.4, -0.2) is 23.2 Å². The Balaban J connectivity index is 2.05. The number of aryl methyl sites for hydroxylation is 1. The molecular formula is C17H22N2O2. The molecule has 0 bridgehead atoms. The molecule has 4 nitrogen and oxygen atoms in total. The molecule has 0 radical (unpaired) electrons. The number of nitrogens with zero attached hydrogens (tertiary/aromatic N) is 1. The molecule has 112 valence electrons. The smallest absolute Gasteiger partial charge is 0.124 e. The Bertz CT molecular complexity index is 572. The maximum atomic E-state index is 10.5. The van der Waals surface area contributed by atoms with Crippen molar-refractivity contribution in [2.45, 2.75) is 32.5 Å². The lowest BCUT2D eigenvalue weighted by Gasteiger charge is -2.23. The van der Waals surface area contributed by atoms with Gasteiger partial charge in [0.05, 0.1) is 13.2 Å². The van der Waals surface area contributed by atoms with Gasteiger partial charge in [-0.15, -0.1) is 0 Å². The highest BCUT2D eigenvalue weighted by molar-refractivity contribution is 5.39. The number of aliphatic hydroxyl groups excluding tert-OH is 1. The molecule has 4 heteroatoms. The van der Waals surface area contributed by atoms with E-state index in [1.165, 1.54) is 0 Å². The van der Waals surface area contributed by atoms with E-state index in [9.17, 15) is 5.11 Å². The molecule has 2 unspecified atom stereocenters. The van der Waals surface area contributed by atoms with E-state index < -0.39 is 6.10 Å². The number of ether oxygens (including phenoxy) is 1. The molecule has 0 aliphatic carbocycles. The Hall–Kier alpha value is -1.91. The van der Waals surface area contributed by atoms with Crippen LogP contribution in [0.25, 0.3) is 0 Å². The zero-order chi connectivity index (χ0) is 15.2. The first-order chi connectivity index (χ1) is 10.1. The van der Waals surface area contributed by atoms with E-state index in [1.54, 1.807) is 19.5 Å². The van der Waals surface area contributed by atoms with Crippen LogP contribution in [0, 0.1) is 6.92 Å². The van der Waals surface area contributed by atoms with Gasteiger partial charge in [-0.25, -0.2) is 0 Å². The number of aliphatic hydroxyl groups is 1. The lowest BCUT2D eigenvalue weighted by atomic mass is 10.00. The van der Waals surface area contributed by atoms with Crippen LogP contribution in [0.4, 0.5) is 0 Å². The Labute approximate surface area is 125 Å². The molecule has 2 N–H and O–H groups in total. The van der Waals surface area contributed by atoms with Crippen LogP contribution in [0.15, 0.2) is 42.7 Å². The number of aromatic nitrogens is 1. The summed E-state index contributed by atoms with van der Waals surface area (Å²) in [4.78, 5) is 3.99. The largest absolute Gasteiger partial charge is 0.496 e. The first-order valence-corrected chi connectivity index (χ1v) is 7.06. The van der Waals surface area contributed by atoms with Crippen molar-refractivity contribution in [3.63, 3.8) is 0 Å². The molecule has 2 atom stereocenters. The molecule has 1 heterocycles. The van der Waals surface area contributed by atoms with Gasteiger partial charge in [0.1, 0.15) is 5.75 Å². The summed E-state index contributed by atoms with van der Waals surface area (Å²) in [5.74, 6) is 0.714. The second-order valence-corrected chi connectivity index (χ2v) is 5.22. The molecule has 21 heavy (non-hydrogen) atoms. The Morgan fingerprint density at radius 1 is 1.24 bits per heavy atom. The molecule has 2 rings (SSSR count). The topological polar surface area (TPSA) is 54.4 Å². The average molecular weight is 286 g/mol. The van der Waals surface area contributed by atoms with E-state index in [0.717, 1.165) is 16.7 Å². The molecule has 0 spiro atoms. The molecule has 1 aromatic carbocycles. The van der Waals surface area contributed by atoms with Crippen molar-refractivity contribution >= 4 is 0 Å². The predicted octanol–water partition coefficient (Wildman–Crippen LogP) is 2.61. The van der Waals surface area contributed by atoms with Crippen LogP contribution >= 0.6 is 0 Å². The van der Waals surface area contributed by atoms with Crippen molar-refractivity contribution in [1.29, 1.82) is 0 Å². The summed E-state index contributed by atoms with van der Waals surface area (Å²) in [5, 5.41) is 13.9. The number of rotatable bonds is 6. The minimum absolute atomic E-state index is 0.0890. The van der Waals surface area contributed by atoms with Crippen molar-refractivity contribution < 1.29 is 9.84 Å². The number of hydrogen-bond acceptors (Lipinski definition) is 4. The summed E-state index contributed by atoms with van der Waals surface area (Å²) in [6.45, 7) is 4.66. The molecule has 0 saturated heterocycles. The standard InChI is InChI=1S/C17H22N2O2/c1-12-4-5-16(21-3)15(10-12)17(20)13(2)19-11-14-6-8-18-9-7-14/h4-10,13,17,19-20H,11H2,1-3H3. The third-order valence-electron chi connectivity index (χ3n) is 3.55. The van der Waals surface area contributed by atoms with E-state index in [0.29, 0.717) is 12.3 Å². The normalized spacial score (nSPS) is 13.7. The summed E-state index contributed by atoms with van der Waals surface area (Å²) in [5.41, 5.74) is 3.05. The number of hydrogen-bond donors (Lipinski definition) is 2. The summed E-state index contributed by atoms with van der Waals surface area (Å²) in [6, 6.07) is 9.66. The van der Waals surface area contributed by atoms with Gasteiger partial charge >= 0.3 is 0 Å². The molecule has 0 saturated carbocycles. The summed E-state index contributed by atoms with van der Waals surface area (Å²) in [7, 11) is 1.62. The van der Waals surface area contributed by atoms with Crippen LogP contribution in [0.3, 0.4) is 0 Å². The zero-order valence-electron chi connectivity index (χ0n) is 12.7. The van der Waals surface area contributed by atoms with Crippen molar-refractivity contribution in [2.75, 3.05) is 7.11 Å². The van der Waals surface area contributed by atoms with E-state index in [1.807, 2.05) is 44.2 Å². The van der Waals surface area contributed by atoms with Crippen LogP contribution < -0.4 is 10.1 Å². The summed E-state index contributed by atoms with van der Waals surface area (Å²) >= 11 is 0. The van der Waals surface area contributed by atoms with Gasteiger partial charge in [0.25, 0.3) is 0 Å². The lowest BCUT2D eigenvalue weighted by molar-refractivity contribution is 0.132. The lowest BCUT2D eigenvalue weighted by Crippen LogP contribution is -2.32. The quantitative estimate of drug-likeness (QED) is 0.857. The first kappa shape index (κ1) is 15.5. The third kappa shape index (κ3) is 4.03. The Kier molecular flexibility index (Phi) is 5.31.